The summed E-state index contributed by atoms with van der Waals surface area (Å²) in [6.45, 7) is 6.51. The van der Waals surface area contributed by atoms with Crippen LogP contribution in [0.25, 0.3) is 0 Å². The van der Waals surface area contributed by atoms with Crippen molar-refractivity contribution in [3.63, 3.8) is 0 Å². The summed E-state index contributed by atoms with van der Waals surface area (Å²) in [6, 6.07) is 0.141. The van der Waals surface area contributed by atoms with E-state index in [9.17, 15) is 4.79 Å². The molecular formula is C9H15IN2O2. The zero-order valence-corrected chi connectivity index (χ0v) is 10.2. The third-order valence-corrected chi connectivity index (χ3v) is 3.58. The molecule has 1 aliphatic rings. The highest BCUT2D eigenvalue weighted by molar-refractivity contribution is 14.1. The fourth-order valence-corrected chi connectivity index (χ4v) is 2.04. The molecule has 0 spiro atoms. The second kappa shape index (κ2) is 5.79. The van der Waals surface area contributed by atoms with Crippen molar-refractivity contribution in [3.8, 4) is 0 Å². The van der Waals surface area contributed by atoms with Crippen LogP contribution in [0.3, 0.4) is 0 Å². The normalized spacial score (nSPS) is 24.9. The molecule has 0 aliphatic carbocycles. The Labute approximate surface area is 98.1 Å². The van der Waals surface area contributed by atoms with Gasteiger partial charge in [-0.05, 0) is 6.08 Å². The Hall–Kier alpha value is 0.0200. The van der Waals surface area contributed by atoms with Crippen molar-refractivity contribution in [1.82, 2.24) is 8.01 Å². The molecule has 0 amide bonds. The molecule has 0 aromatic carbocycles. The average molecular weight is 310 g/mol. The minimum absolute atomic E-state index is 0.0450. The predicted molar refractivity (Wildman–Crippen MR) is 63.2 cm³/mol. The zero-order valence-electron chi connectivity index (χ0n) is 8.03. The third kappa shape index (κ3) is 3.30. The topological polar surface area (TPSA) is 43.8 Å². The molecule has 5 heteroatoms. The first-order valence-electron chi connectivity index (χ1n) is 4.58. The molecule has 1 saturated heterocycles. The van der Waals surface area contributed by atoms with Gasteiger partial charge in [-0.15, -0.1) is 0 Å². The van der Waals surface area contributed by atoms with Gasteiger partial charge in [-0.2, -0.15) is 0 Å². The number of hydrogen-bond acceptors (Lipinski definition) is 4. The summed E-state index contributed by atoms with van der Waals surface area (Å²) < 4.78 is 2.09. The van der Waals surface area contributed by atoms with Crippen molar-refractivity contribution in [1.29, 1.82) is 0 Å². The summed E-state index contributed by atoms with van der Waals surface area (Å²) in [4.78, 5) is 13.2. The van der Waals surface area contributed by atoms with Gasteiger partial charge in [-0.3, -0.25) is 9.69 Å². The molecule has 1 fully saturated rings. The van der Waals surface area contributed by atoms with Crippen LogP contribution in [0.2, 0.25) is 0 Å². The van der Waals surface area contributed by atoms with E-state index in [1.807, 2.05) is 0 Å². The number of carbonyl (C=O) groups is 1. The molecule has 1 heterocycles. The molecule has 1 aliphatic heterocycles. The lowest BCUT2D eigenvalue weighted by Crippen LogP contribution is -2.51. The second-order valence-corrected chi connectivity index (χ2v) is 4.60. The Balaban J connectivity index is 2.42. The molecule has 1 atom stereocenters. The van der Waals surface area contributed by atoms with Gasteiger partial charge in [0, 0.05) is 42.5 Å². The first-order chi connectivity index (χ1) is 6.67. The molecule has 0 aromatic rings. The number of rotatable bonds is 4. The Bertz CT molecular complexity index is 223. The van der Waals surface area contributed by atoms with Gasteiger partial charge in [0.25, 0.3) is 0 Å². The van der Waals surface area contributed by atoms with Crippen LogP contribution >= 0.6 is 22.9 Å². The molecule has 14 heavy (non-hydrogen) atoms. The van der Waals surface area contributed by atoms with Crippen LogP contribution < -0.4 is 0 Å². The van der Waals surface area contributed by atoms with Gasteiger partial charge in [-0.1, -0.05) is 6.58 Å². The van der Waals surface area contributed by atoms with Crippen LogP contribution in [0.1, 0.15) is 0 Å². The van der Waals surface area contributed by atoms with Crippen molar-refractivity contribution < 1.29 is 9.90 Å². The Morgan fingerprint density at radius 2 is 2.36 bits per heavy atom. The van der Waals surface area contributed by atoms with Crippen molar-refractivity contribution in [2.24, 2.45) is 0 Å². The maximum absolute atomic E-state index is 11.1. The van der Waals surface area contributed by atoms with Crippen LogP contribution in [0, 0.1) is 0 Å². The minimum Gasteiger partial charge on any atom is -0.395 e. The molecule has 1 unspecified atom stereocenters. The van der Waals surface area contributed by atoms with Crippen LogP contribution in [0.15, 0.2) is 12.7 Å². The number of piperazine rings is 1. The van der Waals surface area contributed by atoms with Crippen molar-refractivity contribution in [2.45, 2.75) is 6.04 Å². The minimum atomic E-state index is 0.0450. The van der Waals surface area contributed by atoms with Crippen LogP contribution in [-0.2, 0) is 4.79 Å². The van der Waals surface area contributed by atoms with Gasteiger partial charge in [0.15, 0.2) is 5.78 Å². The van der Waals surface area contributed by atoms with E-state index in [4.69, 9.17) is 5.11 Å². The van der Waals surface area contributed by atoms with Gasteiger partial charge in [-0.25, -0.2) is 3.11 Å². The van der Waals surface area contributed by atoms with Crippen molar-refractivity contribution in [3.05, 3.63) is 12.7 Å². The Morgan fingerprint density at radius 3 is 2.93 bits per heavy atom. The number of nitrogens with zero attached hydrogens (tertiary/aromatic N) is 2. The average Bonchev–Trinajstić information content (AvgIpc) is 2.20. The number of aliphatic hydroxyl groups excluding tert-OH is 1. The lowest BCUT2D eigenvalue weighted by atomic mass is 10.2. The highest BCUT2D eigenvalue weighted by Crippen LogP contribution is 2.13. The van der Waals surface area contributed by atoms with E-state index >= 15 is 0 Å². The maximum Gasteiger partial charge on any atom is 0.169 e. The van der Waals surface area contributed by atoms with E-state index in [0.717, 1.165) is 19.6 Å². The second-order valence-electron chi connectivity index (χ2n) is 3.37. The van der Waals surface area contributed by atoms with Gasteiger partial charge in [0.2, 0.25) is 0 Å². The first-order valence-corrected chi connectivity index (χ1v) is 5.54. The van der Waals surface area contributed by atoms with E-state index in [2.05, 4.69) is 37.5 Å². The van der Waals surface area contributed by atoms with Crippen molar-refractivity contribution >= 4 is 28.6 Å². The monoisotopic (exact) mass is 310 g/mol. The number of carbonyl (C=O) groups excluding carboxylic acids is 1. The van der Waals surface area contributed by atoms with E-state index in [0.29, 0.717) is 6.54 Å². The molecule has 0 saturated carbocycles. The standard InChI is InChI=1S/C9H15IN2O2/c1-2-9(14)6-11-3-4-12(10)8(5-11)7-13/h2,8,13H,1,3-7H2. The molecule has 0 bridgehead atoms. The van der Waals surface area contributed by atoms with Crippen LogP contribution in [0.5, 0.6) is 0 Å². The quantitative estimate of drug-likeness (QED) is 0.453. The zero-order chi connectivity index (χ0) is 10.6. The predicted octanol–water partition coefficient (Wildman–Crippen LogP) is 0.0700. The van der Waals surface area contributed by atoms with Crippen molar-refractivity contribution in [2.75, 3.05) is 32.8 Å². The van der Waals surface area contributed by atoms with E-state index in [1.54, 1.807) is 0 Å². The summed E-state index contributed by atoms with van der Waals surface area (Å²) in [6.07, 6.45) is 1.35. The number of halogens is 1. The number of hydrogen-bond donors (Lipinski definition) is 1. The summed E-state index contributed by atoms with van der Waals surface area (Å²) in [5.74, 6) is 0.0450. The lowest BCUT2D eigenvalue weighted by Gasteiger charge is -2.36. The fourth-order valence-electron chi connectivity index (χ4n) is 1.47. The summed E-state index contributed by atoms with van der Waals surface area (Å²) in [5, 5.41) is 9.09. The molecule has 80 valence electrons. The van der Waals surface area contributed by atoms with Crippen LogP contribution in [-0.4, -0.2) is 57.7 Å². The molecule has 1 rings (SSSR count). The summed E-state index contributed by atoms with van der Waals surface area (Å²) in [5.41, 5.74) is 0. The van der Waals surface area contributed by atoms with Gasteiger partial charge in [0.05, 0.1) is 19.2 Å². The molecule has 0 radical (unpaired) electrons. The van der Waals surface area contributed by atoms with E-state index < -0.39 is 0 Å². The van der Waals surface area contributed by atoms with E-state index in [-0.39, 0.29) is 18.4 Å². The number of ketones is 1. The summed E-state index contributed by atoms with van der Waals surface area (Å²) in [7, 11) is 0. The molecule has 4 nitrogen and oxygen atoms in total. The molecule has 0 aromatic heterocycles. The maximum atomic E-state index is 11.1. The Morgan fingerprint density at radius 1 is 1.64 bits per heavy atom. The Kier molecular flexibility index (Phi) is 5.00. The third-order valence-electron chi connectivity index (χ3n) is 2.31. The van der Waals surface area contributed by atoms with Crippen LogP contribution in [0.4, 0.5) is 0 Å². The number of aliphatic hydroxyl groups is 1. The fraction of sp³-hybridized carbons (Fsp3) is 0.667. The van der Waals surface area contributed by atoms with Gasteiger partial charge in [0.1, 0.15) is 0 Å². The largest absolute Gasteiger partial charge is 0.395 e. The highest BCUT2D eigenvalue weighted by Gasteiger charge is 2.25. The highest BCUT2D eigenvalue weighted by atomic mass is 127. The van der Waals surface area contributed by atoms with Gasteiger partial charge < -0.3 is 5.11 Å². The lowest BCUT2D eigenvalue weighted by molar-refractivity contribution is -0.116. The van der Waals surface area contributed by atoms with E-state index in [1.165, 1.54) is 6.08 Å². The van der Waals surface area contributed by atoms with Gasteiger partial charge >= 0.3 is 0 Å². The molecular weight excluding hydrogens is 295 g/mol. The SMILES string of the molecule is C=CC(=O)CN1CCN(I)C(CO)C1. The molecule has 1 N–H and O–H groups in total. The first kappa shape index (κ1) is 12.1. The summed E-state index contributed by atoms with van der Waals surface area (Å²) >= 11 is 2.21. The smallest absolute Gasteiger partial charge is 0.169 e.